The van der Waals surface area contributed by atoms with Crippen LogP contribution < -0.4 is 10.0 Å². The topological polar surface area (TPSA) is 132 Å². The molecular weight excluding hydrogens is 440 g/mol. The number of quaternary nitrogens is 1. The maximum atomic E-state index is 11.9. The van der Waals surface area contributed by atoms with Crippen LogP contribution in [0.2, 0.25) is 0 Å². The lowest BCUT2D eigenvalue weighted by Gasteiger charge is -2.37. The van der Waals surface area contributed by atoms with Gasteiger partial charge in [0.1, 0.15) is 12.1 Å². The second-order valence-electron chi connectivity index (χ2n) is 8.09. The maximum absolute atomic E-state index is 11.9. The van der Waals surface area contributed by atoms with E-state index < -0.39 is 18.0 Å². The first kappa shape index (κ1) is 27.0. The third-order valence-corrected chi connectivity index (χ3v) is 5.79. The molecule has 2 aromatic rings. The number of carbonyl (C=O) groups excluding carboxylic acids is 2. The number of benzene rings is 2. The summed E-state index contributed by atoms with van der Waals surface area (Å²) in [4.78, 5) is 33.8. The van der Waals surface area contributed by atoms with Gasteiger partial charge in [-0.2, -0.15) is 0 Å². The summed E-state index contributed by atoms with van der Waals surface area (Å²) in [7, 11) is 0. The molecule has 2 atom stereocenters. The van der Waals surface area contributed by atoms with Gasteiger partial charge in [0, 0.05) is 19.6 Å². The molecule has 2 unspecified atom stereocenters. The van der Waals surface area contributed by atoms with Crippen molar-refractivity contribution in [3.05, 3.63) is 71.8 Å². The number of hydrogen-bond acceptors (Lipinski definition) is 7. The van der Waals surface area contributed by atoms with Crippen LogP contribution in [0.5, 0.6) is 0 Å². The van der Waals surface area contributed by atoms with Crippen LogP contribution in [0, 0.1) is 0 Å². The summed E-state index contributed by atoms with van der Waals surface area (Å²) in [5, 5.41) is 27.0. The Balaban J connectivity index is 0.000000604. The molecular formula is C25H32N2O7. The van der Waals surface area contributed by atoms with Gasteiger partial charge in [-0.15, -0.1) is 0 Å². The van der Waals surface area contributed by atoms with Crippen molar-refractivity contribution in [3.63, 3.8) is 0 Å². The highest BCUT2D eigenvalue weighted by atomic mass is 16.5. The van der Waals surface area contributed by atoms with Crippen LogP contribution in [-0.4, -0.2) is 78.4 Å². The van der Waals surface area contributed by atoms with Gasteiger partial charge in [0.05, 0.1) is 25.3 Å². The molecule has 1 aliphatic rings. The van der Waals surface area contributed by atoms with Crippen molar-refractivity contribution in [2.75, 3.05) is 39.3 Å². The number of nitrogens with zero attached hydrogens (tertiary/aromatic N) is 1. The summed E-state index contributed by atoms with van der Waals surface area (Å²) in [6, 6.07) is 19.2. The molecule has 9 nitrogen and oxygen atoms in total. The third-order valence-electron chi connectivity index (χ3n) is 5.79. The van der Waals surface area contributed by atoms with Crippen molar-refractivity contribution < 1.29 is 39.3 Å². The van der Waals surface area contributed by atoms with Gasteiger partial charge in [0.15, 0.2) is 5.97 Å². The fourth-order valence-corrected chi connectivity index (χ4v) is 3.79. The molecule has 0 saturated carbocycles. The maximum Gasteiger partial charge on any atom is 0.351 e. The molecule has 9 heteroatoms. The number of carboxylic acid groups (broad SMARTS) is 2. The quantitative estimate of drug-likeness (QED) is 0.263. The molecule has 1 aliphatic heterocycles. The van der Waals surface area contributed by atoms with Crippen molar-refractivity contribution in [3.8, 4) is 0 Å². The minimum atomic E-state index is -2.07. The zero-order valence-electron chi connectivity index (χ0n) is 19.3. The van der Waals surface area contributed by atoms with Crippen molar-refractivity contribution in [2.24, 2.45) is 0 Å². The summed E-state index contributed by atoms with van der Waals surface area (Å²) in [5.74, 6) is -4.26. The standard InChI is InChI=1S/C23H30N2O3.C2H2O4/c1-19(22(26)20-9-4-2-5-10-20)25-16-14-24(15-17-25)13-8-18-28-23(27)21-11-6-3-7-12-21;3-1(4)2(5)6/h2-7,9-12,19,22,26H,8,13-18H2,1H3;(H,3,4)(H,5,6). The summed E-state index contributed by atoms with van der Waals surface area (Å²) >= 11 is 0. The van der Waals surface area contributed by atoms with Crippen LogP contribution in [0.4, 0.5) is 0 Å². The summed E-state index contributed by atoms with van der Waals surface area (Å²) in [6.07, 6.45) is 0.413. The minimum Gasteiger partial charge on any atom is -0.539 e. The van der Waals surface area contributed by atoms with Crippen LogP contribution >= 0.6 is 0 Å². The zero-order valence-corrected chi connectivity index (χ0v) is 19.3. The van der Waals surface area contributed by atoms with Gasteiger partial charge in [-0.05, 0) is 31.0 Å². The molecule has 0 bridgehead atoms. The average molecular weight is 473 g/mol. The van der Waals surface area contributed by atoms with E-state index in [-0.39, 0.29) is 12.0 Å². The number of aliphatic carboxylic acids is 2. The Kier molecular flexibility index (Phi) is 11.2. The lowest BCUT2D eigenvalue weighted by Crippen LogP contribution is -3.18. The van der Waals surface area contributed by atoms with Crippen molar-refractivity contribution >= 4 is 17.9 Å². The summed E-state index contributed by atoms with van der Waals surface area (Å²) in [5.41, 5.74) is 1.59. The van der Waals surface area contributed by atoms with E-state index in [1.165, 1.54) is 4.90 Å². The lowest BCUT2D eigenvalue weighted by molar-refractivity contribution is -0.932. The van der Waals surface area contributed by atoms with Gasteiger partial charge in [0.25, 0.3) is 0 Å². The molecule has 0 spiro atoms. The van der Waals surface area contributed by atoms with Crippen LogP contribution in [-0.2, 0) is 14.3 Å². The molecule has 3 N–H and O–H groups in total. The first-order chi connectivity index (χ1) is 16.3. The SMILES string of the molecule is CC(C(O)c1ccccc1)[NH+]1CCN(CCCOC(=O)c2ccccc2)CC1.O=C([O-])C(=O)O. The van der Waals surface area contributed by atoms with Gasteiger partial charge in [-0.3, -0.25) is 4.90 Å². The van der Waals surface area contributed by atoms with Crippen molar-refractivity contribution in [1.29, 1.82) is 0 Å². The fraction of sp³-hybridized carbons (Fsp3) is 0.400. The third kappa shape index (κ3) is 8.93. The Morgan fingerprint density at radius 2 is 1.56 bits per heavy atom. The monoisotopic (exact) mass is 472 g/mol. The number of nitrogens with one attached hydrogen (secondary N) is 1. The van der Waals surface area contributed by atoms with Gasteiger partial charge in [-0.25, -0.2) is 9.59 Å². The second-order valence-corrected chi connectivity index (χ2v) is 8.09. The van der Waals surface area contributed by atoms with Gasteiger partial charge in [-0.1, -0.05) is 48.5 Å². The molecule has 0 aliphatic carbocycles. The second kappa shape index (κ2) is 14.1. The summed E-state index contributed by atoms with van der Waals surface area (Å²) < 4.78 is 5.36. The van der Waals surface area contributed by atoms with Crippen LogP contribution in [0.25, 0.3) is 0 Å². The Hall–Kier alpha value is -3.27. The number of carbonyl (C=O) groups is 3. The zero-order chi connectivity index (χ0) is 24.9. The Bertz CT molecular complexity index is 888. The average Bonchev–Trinajstić information content (AvgIpc) is 2.87. The highest BCUT2D eigenvalue weighted by Gasteiger charge is 2.29. The lowest BCUT2D eigenvalue weighted by atomic mass is 10.0. The van der Waals surface area contributed by atoms with Crippen LogP contribution in [0.15, 0.2) is 60.7 Å². The summed E-state index contributed by atoms with van der Waals surface area (Å²) in [6.45, 7) is 7.58. The first-order valence-corrected chi connectivity index (χ1v) is 11.3. The van der Waals surface area contributed by atoms with Gasteiger partial charge >= 0.3 is 11.9 Å². The van der Waals surface area contributed by atoms with E-state index in [1.807, 2.05) is 48.5 Å². The van der Waals surface area contributed by atoms with E-state index in [9.17, 15) is 9.90 Å². The fourth-order valence-electron chi connectivity index (χ4n) is 3.79. The van der Waals surface area contributed by atoms with Crippen LogP contribution in [0.1, 0.15) is 35.4 Å². The van der Waals surface area contributed by atoms with E-state index in [0.717, 1.165) is 44.7 Å². The minimum absolute atomic E-state index is 0.177. The molecule has 184 valence electrons. The highest BCUT2D eigenvalue weighted by molar-refractivity contribution is 6.26. The Labute approximate surface area is 199 Å². The predicted octanol–water partition coefficient (Wildman–Crippen LogP) is -0.623. The predicted molar refractivity (Wildman–Crippen MR) is 122 cm³/mol. The number of rotatable bonds is 8. The number of carboxylic acids is 2. The van der Waals surface area contributed by atoms with Crippen molar-refractivity contribution in [1.82, 2.24) is 4.90 Å². The number of hydrogen-bond donors (Lipinski definition) is 3. The molecule has 0 radical (unpaired) electrons. The molecule has 2 aromatic carbocycles. The van der Waals surface area contributed by atoms with Gasteiger partial charge in [0.2, 0.25) is 0 Å². The van der Waals surface area contributed by atoms with E-state index >= 15 is 0 Å². The van der Waals surface area contributed by atoms with Crippen LogP contribution in [0.3, 0.4) is 0 Å². The smallest absolute Gasteiger partial charge is 0.351 e. The molecule has 1 fully saturated rings. The van der Waals surface area contributed by atoms with Crippen molar-refractivity contribution in [2.45, 2.75) is 25.5 Å². The van der Waals surface area contributed by atoms with Gasteiger partial charge < -0.3 is 29.8 Å². The molecule has 1 heterocycles. The Morgan fingerprint density at radius 3 is 2.09 bits per heavy atom. The molecule has 0 amide bonds. The number of aliphatic hydroxyl groups excluding tert-OH is 1. The van der Waals surface area contributed by atoms with E-state index in [2.05, 4.69) is 11.8 Å². The van der Waals surface area contributed by atoms with E-state index in [0.29, 0.717) is 12.2 Å². The van der Waals surface area contributed by atoms with E-state index in [4.69, 9.17) is 24.5 Å². The molecule has 3 rings (SSSR count). The highest BCUT2D eigenvalue weighted by Crippen LogP contribution is 2.14. The van der Waals surface area contributed by atoms with E-state index in [1.54, 1.807) is 12.1 Å². The Morgan fingerprint density at radius 1 is 1.03 bits per heavy atom. The first-order valence-electron chi connectivity index (χ1n) is 11.3. The number of aliphatic hydroxyl groups is 1. The largest absolute Gasteiger partial charge is 0.539 e. The normalized spacial score (nSPS) is 15.9. The number of piperazine rings is 1. The number of ether oxygens (including phenoxy) is 1. The molecule has 34 heavy (non-hydrogen) atoms. The number of esters is 1. The molecule has 0 aromatic heterocycles. The molecule has 1 saturated heterocycles.